The number of benzene rings is 1. The Morgan fingerprint density at radius 2 is 2.05 bits per heavy atom. The predicted octanol–water partition coefficient (Wildman–Crippen LogP) is 3.02. The molecule has 19 heavy (non-hydrogen) atoms. The van der Waals surface area contributed by atoms with E-state index in [0.29, 0.717) is 18.9 Å². The average Bonchev–Trinajstić information content (AvgIpc) is 2.94. The second kappa shape index (κ2) is 5.24. The molecule has 2 saturated heterocycles. The molecule has 2 aliphatic heterocycles. The molecular formula is C16H21NO2. The average molecular weight is 259 g/mol. The molecule has 102 valence electrons. The molecule has 2 heterocycles. The van der Waals surface area contributed by atoms with Crippen LogP contribution in [0.5, 0.6) is 0 Å². The zero-order chi connectivity index (χ0) is 13.2. The first-order valence-corrected chi connectivity index (χ1v) is 7.25. The fourth-order valence-corrected chi connectivity index (χ4v) is 3.08. The van der Waals surface area contributed by atoms with E-state index in [1.807, 2.05) is 0 Å². The van der Waals surface area contributed by atoms with Crippen LogP contribution in [0.25, 0.3) is 0 Å². The summed E-state index contributed by atoms with van der Waals surface area (Å²) in [6.07, 6.45) is 4.06. The summed E-state index contributed by atoms with van der Waals surface area (Å²) in [7, 11) is 0. The van der Waals surface area contributed by atoms with E-state index in [1.165, 1.54) is 42.7 Å². The number of nitrogens with zero attached hydrogens (tertiary/aromatic N) is 1. The zero-order valence-corrected chi connectivity index (χ0v) is 11.5. The summed E-state index contributed by atoms with van der Waals surface area (Å²) in [4.78, 5) is 13.6. The molecule has 0 bridgehead atoms. The van der Waals surface area contributed by atoms with Gasteiger partial charge >= 0.3 is 5.97 Å². The van der Waals surface area contributed by atoms with Gasteiger partial charge in [-0.25, -0.2) is 0 Å². The molecule has 1 atom stereocenters. The Bertz CT molecular complexity index is 468. The van der Waals surface area contributed by atoms with E-state index in [9.17, 15) is 4.79 Å². The molecule has 0 unspecified atom stereocenters. The molecule has 2 fully saturated rings. The monoisotopic (exact) mass is 259 g/mol. The minimum atomic E-state index is -0.0527. The van der Waals surface area contributed by atoms with Crippen LogP contribution in [-0.2, 0) is 9.53 Å². The van der Waals surface area contributed by atoms with Crippen molar-refractivity contribution in [3.63, 3.8) is 0 Å². The lowest BCUT2D eigenvalue weighted by Gasteiger charge is -2.25. The third kappa shape index (κ3) is 2.60. The summed E-state index contributed by atoms with van der Waals surface area (Å²) in [5.74, 6) is 0.322. The van der Waals surface area contributed by atoms with Crippen molar-refractivity contribution >= 4 is 11.7 Å². The second-order valence-corrected chi connectivity index (χ2v) is 5.66. The molecule has 0 spiro atoms. The predicted molar refractivity (Wildman–Crippen MR) is 75.6 cm³/mol. The number of aryl methyl sites for hydroxylation is 1. The number of esters is 1. The van der Waals surface area contributed by atoms with Crippen LogP contribution in [-0.4, -0.2) is 25.7 Å². The summed E-state index contributed by atoms with van der Waals surface area (Å²) >= 11 is 0. The van der Waals surface area contributed by atoms with Crippen molar-refractivity contribution in [1.29, 1.82) is 0 Å². The van der Waals surface area contributed by atoms with Crippen molar-refractivity contribution < 1.29 is 9.53 Å². The van der Waals surface area contributed by atoms with Gasteiger partial charge in [-0.1, -0.05) is 12.1 Å². The van der Waals surface area contributed by atoms with Crippen LogP contribution in [0, 0.1) is 6.92 Å². The molecule has 0 aliphatic carbocycles. The first-order chi connectivity index (χ1) is 9.24. The van der Waals surface area contributed by atoms with E-state index in [-0.39, 0.29) is 5.97 Å². The van der Waals surface area contributed by atoms with Crippen molar-refractivity contribution in [2.45, 2.75) is 38.5 Å². The van der Waals surface area contributed by atoms with Crippen LogP contribution in [0.2, 0.25) is 0 Å². The third-order valence-corrected chi connectivity index (χ3v) is 4.29. The van der Waals surface area contributed by atoms with Crippen LogP contribution in [0.4, 0.5) is 5.69 Å². The molecule has 0 aromatic heterocycles. The Labute approximate surface area is 114 Å². The van der Waals surface area contributed by atoms with Gasteiger partial charge in [0.2, 0.25) is 0 Å². The number of anilines is 1. The topological polar surface area (TPSA) is 29.5 Å². The number of hydrogen-bond acceptors (Lipinski definition) is 3. The summed E-state index contributed by atoms with van der Waals surface area (Å²) in [6, 6.07) is 6.71. The Morgan fingerprint density at radius 3 is 2.74 bits per heavy atom. The number of cyclic esters (lactones) is 1. The maximum Gasteiger partial charge on any atom is 0.305 e. The van der Waals surface area contributed by atoms with Gasteiger partial charge in [-0.3, -0.25) is 4.79 Å². The number of carbonyl (C=O) groups excluding carboxylic acids is 1. The Hall–Kier alpha value is -1.51. The normalized spacial score (nSPS) is 23.5. The molecule has 3 heteroatoms. The van der Waals surface area contributed by atoms with Crippen molar-refractivity contribution in [3.05, 3.63) is 29.3 Å². The van der Waals surface area contributed by atoms with Crippen molar-refractivity contribution in [1.82, 2.24) is 0 Å². The minimum Gasteiger partial charge on any atom is -0.465 e. The lowest BCUT2D eigenvalue weighted by Crippen LogP contribution is -2.22. The molecule has 2 aliphatic rings. The smallest absolute Gasteiger partial charge is 0.305 e. The number of rotatable bonds is 2. The van der Waals surface area contributed by atoms with Gasteiger partial charge in [0.05, 0.1) is 6.61 Å². The van der Waals surface area contributed by atoms with Gasteiger partial charge in [-0.15, -0.1) is 0 Å². The van der Waals surface area contributed by atoms with Gasteiger partial charge < -0.3 is 9.64 Å². The highest BCUT2D eigenvalue weighted by Crippen LogP contribution is 2.31. The second-order valence-electron chi connectivity index (χ2n) is 5.66. The van der Waals surface area contributed by atoms with Gasteiger partial charge in [0.1, 0.15) is 0 Å². The fourth-order valence-electron chi connectivity index (χ4n) is 3.08. The molecule has 1 aromatic rings. The van der Waals surface area contributed by atoms with Gasteiger partial charge in [0, 0.05) is 31.1 Å². The van der Waals surface area contributed by atoms with Crippen molar-refractivity contribution in [3.8, 4) is 0 Å². The largest absolute Gasteiger partial charge is 0.465 e. The maximum absolute atomic E-state index is 11.1. The molecule has 1 aromatic carbocycles. The standard InChI is InChI=1S/C16H21NO2/c1-12-4-5-13(14-6-7-16(18)19-11-14)10-15(12)17-8-2-3-9-17/h4-5,10,14H,2-3,6-9,11H2,1H3/t14-/m1/s1. The highest BCUT2D eigenvalue weighted by Gasteiger charge is 2.23. The van der Waals surface area contributed by atoms with E-state index in [1.54, 1.807) is 0 Å². The summed E-state index contributed by atoms with van der Waals surface area (Å²) in [6.45, 7) is 5.06. The number of hydrogen-bond donors (Lipinski definition) is 0. The van der Waals surface area contributed by atoms with Crippen molar-refractivity contribution in [2.24, 2.45) is 0 Å². The van der Waals surface area contributed by atoms with E-state index >= 15 is 0 Å². The Morgan fingerprint density at radius 1 is 1.26 bits per heavy atom. The molecule has 3 rings (SSSR count). The first-order valence-electron chi connectivity index (χ1n) is 7.25. The highest BCUT2D eigenvalue weighted by atomic mass is 16.5. The quantitative estimate of drug-likeness (QED) is 0.765. The van der Waals surface area contributed by atoms with E-state index in [2.05, 4.69) is 30.0 Å². The molecule has 0 N–H and O–H groups in total. The Kier molecular flexibility index (Phi) is 3.45. The first kappa shape index (κ1) is 12.5. The van der Waals surface area contributed by atoms with Gasteiger partial charge in [0.15, 0.2) is 0 Å². The number of carbonyl (C=O) groups is 1. The van der Waals surface area contributed by atoms with Gasteiger partial charge in [-0.2, -0.15) is 0 Å². The molecule has 0 saturated carbocycles. The van der Waals surface area contributed by atoms with Crippen LogP contribution in [0.1, 0.15) is 42.7 Å². The zero-order valence-electron chi connectivity index (χ0n) is 11.5. The summed E-state index contributed by atoms with van der Waals surface area (Å²) < 4.78 is 5.19. The lowest BCUT2D eigenvalue weighted by molar-refractivity contribution is -0.147. The van der Waals surface area contributed by atoms with Gasteiger partial charge in [-0.05, 0) is 43.4 Å². The van der Waals surface area contributed by atoms with Gasteiger partial charge in [0.25, 0.3) is 0 Å². The Balaban J connectivity index is 1.82. The number of ether oxygens (including phenoxy) is 1. The summed E-state index contributed by atoms with van der Waals surface area (Å²) in [5.41, 5.74) is 4.03. The maximum atomic E-state index is 11.1. The van der Waals surface area contributed by atoms with Crippen LogP contribution >= 0.6 is 0 Å². The van der Waals surface area contributed by atoms with Crippen LogP contribution < -0.4 is 4.90 Å². The molecular weight excluding hydrogens is 238 g/mol. The van der Waals surface area contributed by atoms with Crippen LogP contribution in [0.15, 0.2) is 18.2 Å². The molecule has 3 nitrogen and oxygen atoms in total. The summed E-state index contributed by atoms with van der Waals surface area (Å²) in [5, 5.41) is 0. The molecule has 0 radical (unpaired) electrons. The SMILES string of the molecule is Cc1ccc([C@@H]2CCC(=O)OC2)cc1N1CCCC1. The lowest BCUT2D eigenvalue weighted by atomic mass is 9.92. The third-order valence-electron chi connectivity index (χ3n) is 4.29. The fraction of sp³-hybridized carbons (Fsp3) is 0.562. The van der Waals surface area contributed by atoms with Crippen LogP contribution in [0.3, 0.4) is 0 Å². The highest BCUT2D eigenvalue weighted by molar-refractivity contribution is 5.70. The molecule has 0 amide bonds. The van der Waals surface area contributed by atoms with Crippen molar-refractivity contribution in [2.75, 3.05) is 24.6 Å². The van der Waals surface area contributed by atoms with E-state index in [4.69, 9.17) is 4.74 Å². The van der Waals surface area contributed by atoms with E-state index in [0.717, 1.165) is 6.42 Å². The van der Waals surface area contributed by atoms with E-state index < -0.39 is 0 Å². The minimum absolute atomic E-state index is 0.0527.